The van der Waals surface area contributed by atoms with E-state index in [1.54, 1.807) is 18.3 Å². The Kier molecular flexibility index (Phi) is 4.64. The van der Waals surface area contributed by atoms with Gasteiger partial charge in [-0.05, 0) is 36.1 Å². The maximum Gasteiger partial charge on any atom is 0.263 e. The number of aryl methyl sites for hydroxylation is 1. The Hall–Kier alpha value is -1.59. The van der Waals surface area contributed by atoms with Crippen LogP contribution in [0, 0.1) is 6.92 Å². The van der Waals surface area contributed by atoms with Gasteiger partial charge in [0.2, 0.25) is 5.88 Å². The van der Waals surface area contributed by atoms with Crippen LogP contribution >= 0.6 is 22.9 Å². The van der Waals surface area contributed by atoms with E-state index in [1.807, 2.05) is 23.3 Å². The summed E-state index contributed by atoms with van der Waals surface area (Å²) in [5, 5.41) is 2.53. The van der Waals surface area contributed by atoms with Crippen LogP contribution in [0.25, 0.3) is 0 Å². The topological polar surface area (TPSA) is 42.4 Å². The van der Waals surface area contributed by atoms with E-state index >= 15 is 0 Å². The molecule has 2 aromatic rings. The lowest BCUT2D eigenvalue weighted by Gasteiger charge is -2.31. The molecule has 1 fully saturated rings. The van der Waals surface area contributed by atoms with E-state index in [9.17, 15) is 4.79 Å². The first-order valence-electron chi connectivity index (χ1n) is 7.25. The number of thiophene rings is 1. The average Bonchev–Trinajstić information content (AvgIpc) is 2.96. The van der Waals surface area contributed by atoms with E-state index < -0.39 is 0 Å². The Bertz CT molecular complexity index is 666. The zero-order valence-electron chi connectivity index (χ0n) is 12.3. The monoisotopic (exact) mass is 336 g/mol. The van der Waals surface area contributed by atoms with Crippen LogP contribution in [-0.2, 0) is 0 Å². The van der Waals surface area contributed by atoms with E-state index in [0.717, 1.165) is 23.3 Å². The Morgan fingerprint density at radius 2 is 2.23 bits per heavy atom. The standard InChI is InChI=1S/C16H17ClN2O2S/c1-11-9-14(22-10-11)16(20)19-7-4-12(5-8-19)21-15-13(17)3-2-6-18-15/h2-3,6,9-10,12H,4-5,7-8H2,1H3. The summed E-state index contributed by atoms with van der Waals surface area (Å²) in [5.74, 6) is 0.593. The molecule has 6 heteroatoms. The van der Waals surface area contributed by atoms with Gasteiger partial charge in [0.1, 0.15) is 11.1 Å². The second-order valence-corrected chi connectivity index (χ2v) is 6.71. The number of rotatable bonds is 3. The highest BCUT2D eigenvalue weighted by Crippen LogP contribution is 2.25. The molecule has 22 heavy (non-hydrogen) atoms. The highest BCUT2D eigenvalue weighted by Gasteiger charge is 2.26. The van der Waals surface area contributed by atoms with Crippen molar-refractivity contribution in [1.29, 1.82) is 0 Å². The third kappa shape index (κ3) is 3.42. The van der Waals surface area contributed by atoms with Gasteiger partial charge in [0.15, 0.2) is 0 Å². The van der Waals surface area contributed by atoms with Crippen molar-refractivity contribution in [3.05, 3.63) is 45.2 Å². The van der Waals surface area contributed by atoms with E-state index in [0.29, 0.717) is 24.0 Å². The molecule has 3 heterocycles. The summed E-state index contributed by atoms with van der Waals surface area (Å²) in [6.45, 7) is 3.40. The molecular weight excluding hydrogens is 320 g/mol. The molecule has 1 aliphatic rings. The highest BCUT2D eigenvalue weighted by molar-refractivity contribution is 7.12. The third-order valence-electron chi connectivity index (χ3n) is 3.67. The first-order chi connectivity index (χ1) is 10.6. The molecule has 116 valence electrons. The van der Waals surface area contributed by atoms with Crippen molar-refractivity contribution in [2.75, 3.05) is 13.1 Å². The molecule has 2 aromatic heterocycles. The van der Waals surface area contributed by atoms with Gasteiger partial charge in [0, 0.05) is 32.1 Å². The number of carbonyl (C=O) groups excluding carboxylic acids is 1. The SMILES string of the molecule is Cc1csc(C(=O)N2CCC(Oc3ncccc3Cl)CC2)c1. The zero-order valence-corrected chi connectivity index (χ0v) is 13.9. The van der Waals surface area contributed by atoms with Gasteiger partial charge in [-0.15, -0.1) is 11.3 Å². The number of aromatic nitrogens is 1. The molecule has 0 aliphatic carbocycles. The summed E-state index contributed by atoms with van der Waals surface area (Å²) in [4.78, 5) is 19.2. The number of ether oxygens (including phenoxy) is 1. The van der Waals surface area contributed by atoms with Crippen molar-refractivity contribution in [1.82, 2.24) is 9.88 Å². The van der Waals surface area contributed by atoms with Gasteiger partial charge in [-0.1, -0.05) is 11.6 Å². The molecule has 0 spiro atoms. The van der Waals surface area contributed by atoms with Crippen molar-refractivity contribution in [2.45, 2.75) is 25.9 Å². The number of halogens is 1. The fourth-order valence-electron chi connectivity index (χ4n) is 2.49. The number of hydrogen-bond acceptors (Lipinski definition) is 4. The molecule has 0 unspecified atom stereocenters. The van der Waals surface area contributed by atoms with Crippen molar-refractivity contribution in [3.63, 3.8) is 0 Å². The van der Waals surface area contributed by atoms with Crippen LogP contribution in [0.2, 0.25) is 5.02 Å². The summed E-state index contributed by atoms with van der Waals surface area (Å²) < 4.78 is 5.85. The van der Waals surface area contributed by atoms with Gasteiger partial charge < -0.3 is 9.64 Å². The fraction of sp³-hybridized carbons (Fsp3) is 0.375. The molecule has 1 amide bonds. The van der Waals surface area contributed by atoms with Crippen molar-refractivity contribution in [2.24, 2.45) is 0 Å². The number of nitrogens with zero attached hydrogens (tertiary/aromatic N) is 2. The molecule has 0 radical (unpaired) electrons. The molecule has 4 nitrogen and oxygen atoms in total. The summed E-state index contributed by atoms with van der Waals surface area (Å²) in [5.41, 5.74) is 1.14. The lowest BCUT2D eigenvalue weighted by atomic mass is 10.1. The molecule has 1 aliphatic heterocycles. The quantitative estimate of drug-likeness (QED) is 0.856. The van der Waals surface area contributed by atoms with Crippen molar-refractivity contribution < 1.29 is 9.53 Å². The summed E-state index contributed by atoms with van der Waals surface area (Å²) in [7, 11) is 0. The Morgan fingerprint density at radius 3 is 2.86 bits per heavy atom. The van der Waals surface area contributed by atoms with Gasteiger partial charge in [0.25, 0.3) is 5.91 Å². The molecule has 0 saturated carbocycles. The number of likely N-dealkylation sites (tertiary alicyclic amines) is 1. The second kappa shape index (κ2) is 6.67. The molecular formula is C16H17ClN2O2S. The Labute approximate surface area is 138 Å². The van der Waals surface area contributed by atoms with Crippen LogP contribution in [0.5, 0.6) is 5.88 Å². The first-order valence-corrected chi connectivity index (χ1v) is 8.51. The smallest absolute Gasteiger partial charge is 0.263 e. The molecule has 0 bridgehead atoms. The van der Waals surface area contributed by atoms with Gasteiger partial charge in [-0.2, -0.15) is 0 Å². The first kappa shape index (κ1) is 15.3. The van der Waals surface area contributed by atoms with Crippen molar-refractivity contribution in [3.8, 4) is 5.88 Å². The van der Waals surface area contributed by atoms with Crippen LogP contribution in [-0.4, -0.2) is 35.0 Å². The molecule has 1 saturated heterocycles. The van der Waals surface area contributed by atoms with Gasteiger partial charge in [0.05, 0.1) is 4.88 Å². The molecule has 3 rings (SSSR count). The van der Waals surface area contributed by atoms with Gasteiger partial charge in [-0.25, -0.2) is 4.98 Å². The van der Waals surface area contributed by atoms with Gasteiger partial charge in [-0.3, -0.25) is 4.79 Å². The summed E-state index contributed by atoms with van der Waals surface area (Å²) >= 11 is 7.56. The van der Waals surface area contributed by atoms with Crippen LogP contribution in [0.15, 0.2) is 29.8 Å². The minimum absolute atomic E-state index is 0.0570. The van der Waals surface area contributed by atoms with Crippen LogP contribution in [0.1, 0.15) is 28.1 Å². The van der Waals surface area contributed by atoms with Crippen molar-refractivity contribution >= 4 is 28.8 Å². The second-order valence-electron chi connectivity index (χ2n) is 5.39. The largest absolute Gasteiger partial charge is 0.473 e. The number of hydrogen-bond donors (Lipinski definition) is 0. The fourth-order valence-corrected chi connectivity index (χ4v) is 3.52. The normalized spacial score (nSPS) is 15.8. The minimum atomic E-state index is 0.0570. The lowest BCUT2D eigenvalue weighted by Crippen LogP contribution is -2.41. The average molecular weight is 337 g/mol. The maximum absolute atomic E-state index is 12.4. The van der Waals surface area contributed by atoms with Gasteiger partial charge >= 0.3 is 0 Å². The number of amides is 1. The molecule has 0 N–H and O–H groups in total. The Balaban J connectivity index is 1.56. The maximum atomic E-state index is 12.4. The Morgan fingerprint density at radius 1 is 1.45 bits per heavy atom. The van der Waals surface area contributed by atoms with E-state index in [1.165, 1.54) is 11.3 Å². The number of carbonyl (C=O) groups is 1. The van der Waals surface area contributed by atoms with Crippen LogP contribution < -0.4 is 4.74 Å². The molecule has 0 aromatic carbocycles. The predicted molar refractivity (Wildman–Crippen MR) is 87.9 cm³/mol. The highest BCUT2D eigenvalue weighted by atomic mass is 35.5. The predicted octanol–water partition coefficient (Wildman–Crippen LogP) is 3.79. The number of piperidine rings is 1. The van der Waals surface area contributed by atoms with E-state index in [4.69, 9.17) is 16.3 Å². The summed E-state index contributed by atoms with van der Waals surface area (Å²) in [6.07, 6.45) is 3.31. The van der Waals surface area contributed by atoms with Crippen LogP contribution in [0.3, 0.4) is 0 Å². The lowest BCUT2D eigenvalue weighted by molar-refractivity contribution is 0.0592. The van der Waals surface area contributed by atoms with E-state index in [2.05, 4.69) is 4.98 Å². The summed E-state index contributed by atoms with van der Waals surface area (Å²) in [6, 6.07) is 5.49. The number of pyridine rings is 1. The molecule has 0 atom stereocenters. The van der Waals surface area contributed by atoms with Crippen LogP contribution in [0.4, 0.5) is 0 Å². The van der Waals surface area contributed by atoms with E-state index in [-0.39, 0.29) is 12.0 Å². The zero-order chi connectivity index (χ0) is 15.5. The third-order valence-corrected chi connectivity index (χ3v) is 5.00. The minimum Gasteiger partial charge on any atom is -0.473 e.